The minimum absolute atomic E-state index is 0.0127. The van der Waals surface area contributed by atoms with Gasteiger partial charge in [-0.3, -0.25) is 4.79 Å². The Labute approximate surface area is 86.6 Å². The molecule has 1 unspecified atom stereocenters. The summed E-state index contributed by atoms with van der Waals surface area (Å²) in [6, 6.07) is 0. The molecule has 8 heteroatoms. The third-order valence-corrected chi connectivity index (χ3v) is 2.27. The lowest BCUT2D eigenvalue weighted by Crippen LogP contribution is -2.45. The second kappa shape index (κ2) is 4.23. The molecular weight excluding hydrogens is 242 g/mol. The van der Waals surface area contributed by atoms with E-state index in [9.17, 15) is 31.1 Å². The van der Waals surface area contributed by atoms with Gasteiger partial charge in [0.1, 0.15) is 0 Å². The van der Waals surface area contributed by atoms with Crippen LogP contribution < -0.4 is 0 Å². The van der Waals surface area contributed by atoms with Gasteiger partial charge in [0.25, 0.3) is 0 Å². The van der Waals surface area contributed by atoms with Gasteiger partial charge < -0.3 is 4.74 Å². The van der Waals surface area contributed by atoms with E-state index in [4.69, 9.17) is 0 Å². The van der Waals surface area contributed by atoms with Crippen molar-refractivity contribution in [2.24, 2.45) is 11.8 Å². The monoisotopic (exact) mass is 250 g/mol. The van der Waals surface area contributed by atoms with Crippen molar-refractivity contribution < 1.29 is 35.9 Å². The zero-order valence-electron chi connectivity index (χ0n) is 7.86. The molecule has 0 radical (unpaired) electrons. The van der Waals surface area contributed by atoms with Crippen molar-refractivity contribution in [1.82, 2.24) is 0 Å². The molecule has 0 bridgehead atoms. The maximum Gasteiger partial charge on any atom is 0.407 e. The molecule has 1 heterocycles. The van der Waals surface area contributed by atoms with Crippen molar-refractivity contribution >= 4 is 5.78 Å². The second-order valence-electron chi connectivity index (χ2n) is 3.48. The molecule has 1 rings (SSSR count). The van der Waals surface area contributed by atoms with Gasteiger partial charge in [0.15, 0.2) is 5.78 Å². The Balaban J connectivity index is 2.89. The van der Waals surface area contributed by atoms with Crippen LogP contribution in [0.3, 0.4) is 0 Å². The summed E-state index contributed by atoms with van der Waals surface area (Å²) in [5, 5.41) is 0. The number of halogens is 6. The second-order valence-corrected chi connectivity index (χ2v) is 3.48. The molecule has 0 saturated carbocycles. The van der Waals surface area contributed by atoms with E-state index in [-0.39, 0.29) is 19.6 Å². The van der Waals surface area contributed by atoms with Gasteiger partial charge in [-0.25, -0.2) is 0 Å². The summed E-state index contributed by atoms with van der Waals surface area (Å²) in [6.07, 6.45) is -11.3. The SMILES string of the molecule is O=C(C1CCOC1)C(C(F)(F)F)C(F)(F)F. The largest absolute Gasteiger partial charge is 0.407 e. The van der Waals surface area contributed by atoms with E-state index in [1.807, 2.05) is 0 Å². The number of hydrogen-bond acceptors (Lipinski definition) is 2. The fourth-order valence-electron chi connectivity index (χ4n) is 1.50. The first-order chi connectivity index (χ1) is 7.14. The van der Waals surface area contributed by atoms with Gasteiger partial charge in [0, 0.05) is 12.5 Å². The van der Waals surface area contributed by atoms with Crippen molar-refractivity contribution in [2.45, 2.75) is 18.8 Å². The van der Waals surface area contributed by atoms with Crippen LogP contribution in [0.4, 0.5) is 26.3 Å². The molecule has 1 aliphatic rings. The molecule has 0 aromatic heterocycles. The van der Waals surface area contributed by atoms with E-state index in [0.29, 0.717) is 0 Å². The molecular formula is C8H8F6O2. The van der Waals surface area contributed by atoms with Crippen molar-refractivity contribution in [3.8, 4) is 0 Å². The van der Waals surface area contributed by atoms with E-state index in [0.717, 1.165) is 0 Å². The molecule has 0 aromatic rings. The van der Waals surface area contributed by atoms with Crippen LogP contribution in [0.5, 0.6) is 0 Å². The van der Waals surface area contributed by atoms with E-state index >= 15 is 0 Å². The lowest BCUT2D eigenvalue weighted by molar-refractivity contribution is -0.274. The summed E-state index contributed by atoms with van der Waals surface area (Å²) in [5.74, 6) is -7.06. The highest BCUT2D eigenvalue weighted by Crippen LogP contribution is 2.41. The van der Waals surface area contributed by atoms with Crippen LogP contribution in [0.25, 0.3) is 0 Å². The highest BCUT2D eigenvalue weighted by Gasteiger charge is 2.61. The highest BCUT2D eigenvalue weighted by atomic mass is 19.4. The number of ether oxygens (including phenoxy) is 1. The van der Waals surface area contributed by atoms with Crippen LogP contribution in [-0.4, -0.2) is 31.3 Å². The molecule has 1 saturated heterocycles. The van der Waals surface area contributed by atoms with Crippen molar-refractivity contribution in [1.29, 1.82) is 0 Å². The molecule has 0 N–H and O–H groups in total. The zero-order valence-corrected chi connectivity index (χ0v) is 7.86. The Morgan fingerprint density at radius 1 is 1.12 bits per heavy atom. The van der Waals surface area contributed by atoms with Crippen molar-refractivity contribution in [3.05, 3.63) is 0 Å². The summed E-state index contributed by atoms with van der Waals surface area (Å²) in [6.45, 7) is -0.361. The fraction of sp³-hybridized carbons (Fsp3) is 0.875. The smallest absolute Gasteiger partial charge is 0.381 e. The number of ketones is 1. The zero-order chi connectivity index (χ0) is 12.6. The first kappa shape index (κ1) is 13.3. The molecule has 94 valence electrons. The lowest BCUT2D eigenvalue weighted by atomic mass is 9.91. The van der Waals surface area contributed by atoms with Gasteiger partial charge >= 0.3 is 12.4 Å². The number of carbonyl (C=O) groups excluding carboxylic acids is 1. The fourth-order valence-corrected chi connectivity index (χ4v) is 1.50. The van der Waals surface area contributed by atoms with Crippen LogP contribution in [-0.2, 0) is 9.53 Å². The lowest BCUT2D eigenvalue weighted by Gasteiger charge is -2.23. The Bertz CT molecular complexity index is 249. The van der Waals surface area contributed by atoms with Gasteiger partial charge in [0.2, 0.25) is 5.92 Å². The molecule has 16 heavy (non-hydrogen) atoms. The summed E-state index contributed by atoms with van der Waals surface area (Å²) in [5.41, 5.74) is 0. The number of Topliss-reactive ketones (excluding diaryl/α,β-unsaturated/α-hetero) is 1. The number of alkyl halides is 6. The minimum Gasteiger partial charge on any atom is -0.381 e. The average Bonchev–Trinajstić information content (AvgIpc) is 2.48. The molecule has 0 aromatic carbocycles. The summed E-state index contributed by atoms with van der Waals surface area (Å²) >= 11 is 0. The molecule has 1 aliphatic heterocycles. The number of carbonyl (C=O) groups is 1. The van der Waals surface area contributed by atoms with Gasteiger partial charge in [-0.15, -0.1) is 0 Å². The molecule has 2 nitrogen and oxygen atoms in total. The van der Waals surface area contributed by atoms with Crippen molar-refractivity contribution in [2.75, 3.05) is 13.2 Å². The third-order valence-electron chi connectivity index (χ3n) is 2.27. The predicted octanol–water partition coefficient (Wildman–Crippen LogP) is 2.33. The van der Waals surface area contributed by atoms with Gasteiger partial charge in [0.05, 0.1) is 6.61 Å². The topological polar surface area (TPSA) is 26.3 Å². The molecule has 1 atom stereocenters. The molecule has 0 amide bonds. The number of rotatable bonds is 2. The Kier molecular flexibility index (Phi) is 3.51. The minimum atomic E-state index is -5.60. The van der Waals surface area contributed by atoms with Crippen LogP contribution in [0.1, 0.15) is 6.42 Å². The van der Waals surface area contributed by atoms with Gasteiger partial charge in [-0.2, -0.15) is 26.3 Å². The van der Waals surface area contributed by atoms with Crippen LogP contribution in [0.15, 0.2) is 0 Å². The van der Waals surface area contributed by atoms with Crippen LogP contribution >= 0.6 is 0 Å². The predicted molar refractivity (Wildman–Crippen MR) is 39.5 cm³/mol. The molecule has 1 fully saturated rings. The van der Waals surface area contributed by atoms with Gasteiger partial charge in [-0.05, 0) is 6.42 Å². The van der Waals surface area contributed by atoms with Crippen LogP contribution in [0.2, 0.25) is 0 Å². The maximum absolute atomic E-state index is 12.1. The van der Waals surface area contributed by atoms with Crippen molar-refractivity contribution in [3.63, 3.8) is 0 Å². The maximum atomic E-state index is 12.1. The average molecular weight is 250 g/mol. The Morgan fingerprint density at radius 2 is 1.62 bits per heavy atom. The van der Waals surface area contributed by atoms with E-state index in [2.05, 4.69) is 4.74 Å². The van der Waals surface area contributed by atoms with Gasteiger partial charge in [-0.1, -0.05) is 0 Å². The standard InChI is InChI=1S/C8H8F6O2/c9-7(10,11)6(8(12,13)14)5(15)4-1-2-16-3-4/h4,6H,1-3H2. The van der Waals surface area contributed by atoms with E-state index in [1.54, 1.807) is 0 Å². The third kappa shape index (κ3) is 2.87. The van der Waals surface area contributed by atoms with E-state index in [1.165, 1.54) is 0 Å². The highest BCUT2D eigenvalue weighted by molar-refractivity contribution is 5.85. The summed E-state index contributed by atoms with van der Waals surface area (Å²) in [4.78, 5) is 11.1. The number of hydrogen-bond donors (Lipinski definition) is 0. The Hall–Kier alpha value is -0.790. The summed E-state index contributed by atoms with van der Waals surface area (Å²) < 4.78 is 77.4. The first-order valence-electron chi connectivity index (χ1n) is 4.39. The quantitative estimate of drug-likeness (QED) is 0.703. The normalized spacial score (nSPS) is 22.8. The molecule has 0 aliphatic carbocycles. The first-order valence-corrected chi connectivity index (χ1v) is 4.39. The van der Waals surface area contributed by atoms with E-state index < -0.39 is 30.0 Å². The Morgan fingerprint density at radius 3 is 1.94 bits per heavy atom. The van der Waals surface area contributed by atoms with Crippen LogP contribution in [0, 0.1) is 11.8 Å². The molecule has 0 spiro atoms. The summed E-state index contributed by atoms with van der Waals surface area (Å²) in [7, 11) is 0.